The standard InChI is InChI=1S/C27H36F2O/c1-4-5-6-7-8-20(3)30-27-25(28)17-24(18-26(27)29)23-15-13-22(14-16-23)21-11-9-19(2)10-12-21/h13-21H,4-12H2,1-3H3. The Morgan fingerprint density at radius 2 is 1.53 bits per heavy atom. The highest BCUT2D eigenvalue weighted by Gasteiger charge is 2.20. The van der Waals surface area contributed by atoms with Crippen LogP contribution >= 0.6 is 0 Å². The van der Waals surface area contributed by atoms with Crippen LogP contribution in [0.3, 0.4) is 0 Å². The maximum atomic E-state index is 14.6. The molecular formula is C27H36F2O. The largest absolute Gasteiger partial charge is 0.485 e. The van der Waals surface area contributed by atoms with Crippen LogP contribution in [0.15, 0.2) is 36.4 Å². The zero-order chi connectivity index (χ0) is 21.5. The molecule has 0 aromatic heterocycles. The molecule has 3 rings (SSSR count). The first kappa shape index (κ1) is 22.8. The van der Waals surface area contributed by atoms with Crippen molar-refractivity contribution in [2.24, 2.45) is 5.92 Å². The third-order valence-electron chi connectivity index (χ3n) is 6.51. The van der Waals surface area contributed by atoms with E-state index in [2.05, 4.69) is 26.0 Å². The Hall–Kier alpha value is -1.90. The number of hydrogen-bond donors (Lipinski definition) is 0. The molecule has 30 heavy (non-hydrogen) atoms. The van der Waals surface area contributed by atoms with Crippen LogP contribution in [0.2, 0.25) is 0 Å². The normalized spacial score (nSPS) is 20.2. The van der Waals surface area contributed by atoms with Crippen molar-refractivity contribution in [3.63, 3.8) is 0 Å². The van der Waals surface area contributed by atoms with E-state index in [1.54, 1.807) is 0 Å². The second-order valence-corrected chi connectivity index (χ2v) is 9.13. The maximum Gasteiger partial charge on any atom is 0.191 e. The SMILES string of the molecule is CCCCCCC(C)Oc1c(F)cc(-c2ccc(C3CCC(C)CC3)cc2)cc1F. The van der Waals surface area contributed by atoms with Crippen molar-refractivity contribution in [1.29, 1.82) is 0 Å². The van der Waals surface area contributed by atoms with Gasteiger partial charge in [-0.15, -0.1) is 0 Å². The summed E-state index contributed by atoms with van der Waals surface area (Å²) in [6.07, 6.45) is 10.1. The minimum atomic E-state index is -0.629. The molecule has 0 spiro atoms. The molecule has 0 heterocycles. The first-order chi connectivity index (χ1) is 14.5. The quantitative estimate of drug-likeness (QED) is 0.373. The molecule has 164 valence electrons. The number of benzene rings is 2. The Balaban J connectivity index is 1.65. The van der Waals surface area contributed by atoms with Gasteiger partial charge < -0.3 is 4.74 Å². The number of rotatable bonds is 9. The second-order valence-electron chi connectivity index (χ2n) is 9.13. The Bertz CT molecular complexity index is 768. The summed E-state index contributed by atoms with van der Waals surface area (Å²) >= 11 is 0. The number of ether oxygens (including phenoxy) is 1. The summed E-state index contributed by atoms with van der Waals surface area (Å²) < 4.78 is 34.9. The molecule has 1 aliphatic rings. The van der Waals surface area contributed by atoms with Crippen LogP contribution in [0, 0.1) is 17.6 Å². The van der Waals surface area contributed by atoms with Gasteiger partial charge in [0, 0.05) is 0 Å². The fraction of sp³-hybridized carbons (Fsp3) is 0.556. The Labute approximate surface area is 180 Å². The predicted molar refractivity (Wildman–Crippen MR) is 121 cm³/mol. The molecule has 0 amide bonds. The van der Waals surface area contributed by atoms with E-state index >= 15 is 0 Å². The fourth-order valence-electron chi connectivity index (χ4n) is 4.50. The molecule has 0 radical (unpaired) electrons. The lowest BCUT2D eigenvalue weighted by atomic mass is 9.79. The van der Waals surface area contributed by atoms with Crippen LogP contribution in [0.1, 0.15) is 90.0 Å². The summed E-state index contributed by atoms with van der Waals surface area (Å²) in [7, 11) is 0. The van der Waals surface area contributed by atoms with Crippen LogP contribution in [0.25, 0.3) is 11.1 Å². The van der Waals surface area contributed by atoms with Crippen molar-refractivity contribution in [3.05, 3.63) is 53.6 Å². The molecule has 2 aromatic carbocycles. The fourth-order valence-corrected chi connectivity index (χ4v) is 4.50. The van der Waals surface area contributed by atoms with Gasteiger partial charge in [0.1, 0.15) is 0 Å². The molecule has 3 heteroatoms. The van der Waals surface area contributed by atoms with Crippen molar-refractivity contribution in [1.82, 2.24) is 0 Å². The highest BCUT2D eigenvalue weighted by molar-refractivity contribution is 5.65. The van der Waals surface area contributed by atoms with Gasteiger partial charge in [0.15, 0.2) is 17.4 Å². The highest BCUT2D eigenvalue weighted by atomic mass is 19.1. The molecular weight excluding hydrogens is 378 g/mol. The minimum Gasteiger partial charge on any atom is -0.485 e. The second kappa shape index (κ2) is 10.9. The van der Waals surface area contributed by atoms with Crippen LogP contribution in [-0.2, 0) is 0 Å². The monoisotopic (exact) mass is 414 g/mol. The van der Waals surface area contributed by atoms with E-state index in [0.29, 0.717) is 11.5 Å². The number of hydrogen-bond acceptors (Lipinski definition) is 1. The maximum absolute atomic E-state index is 14.6. The van der Waals surface area contributed by atoms with Crippen LogP contribution in [-0.4, -0.2) is 6.10 Å². The summed E-state index contributed by atoms with van der Waals surface area (Å²) in [4.78, 5) is 0. The molecule has 1 unspecified atom stereocenters. The van der Waals surface area contributed by atoms with E-state index in [1.165, 1.54) is 56.2 Å². The van der Waals surface area contributed by atoms with Crippen LogP contribution < -0.4 is 4.74 Å². The van der Waals surface area contributed by atoms with Gasteiger partial charge in [0.25, 0.3) is 0 Å². The number of halogens is 2. The first-order valence-corrected chi connectivity index (χ1v) is 11.7. The van der Waals surface area contributed by atoms with E-state index in [1.807, 2.05) is 19.1 Å². The predicted octanol–water partition coefficient (Wildman–Crippen LogP) is 8.66. The van der Waals surface area contributed by atoms with Gasteiger partial charge in [0.05, 0.1) is 6.10 Å². The summed E-state index contributed by atoms with van der Waals surface area (Å²) in [5, 5.41) is 0. The lowest BCUT2D eigenvalue weighted by Crippen LogP contribution is -2.13. The van der Waals surface area contributed by atoms with Gasteiger partial charge in [0.2, 0.25) is 0 Å². The van der Waals surface area contributed by atoms with E-state index < -0.39 is 11.6 Å². The smallest absolute Gasteiger partial charge is 0.191 e. The summed E-state index contributed by atoms with van der Waals surface area (Å²) in [5.74, 6) is -0.0780. The molecule has 0 aliphatic heterocycles. The van der Waals surface area contributed by atoms with Crippen molar-refractivity contribution in [2.75, 3.05) is 0 Å². The number of unbranched alkanes of at least 4 members (excludes halogenated alkanes) is 3. The van der Waals surface area contributed by atoms with Gasteiger partial charge in [-0.2, -0.15) is 0 Å². The molecule has 1 nitrogen and oxygen atoms in total. The van der Waals surface area contributed by atoms with Crippen molar-refractivity contribution < 1.29 is 13.5 Å². The van der Waals surface area contributed by atoms with Crippen molar-refractivity contribution in [2.45, 2.75) is 90.6 Å². The third-order valence-corrected chi connectivity index (χ3v) is 6.51. The Morgan fingerprint density at radius 1 is 0.900 bits per heavy atom. The average Bonchev–Trinajstić information content (AvgIpc) is 2.74. The van der Waals surface area contributed by atoms with Crippen LogP contribution in [0.5, 0.6) is 5.75 Å². The first-order valence-electron chi connectivity index (χ1n) is 11.7. The summed E-state index contributed by atoms with van der Waals surface area (Å²) in [6.45, 7) is 6.36. The molecule has 1 aliphatic carbocycles. The molecule has 0 N–H and O–H groups in total. The topological polar surface area (TPSA) is 9.23 Å². The third kappa shape index (κ3) is 6.06. The van der Waals surface area contributed by atoms with Gasteiger partial charge in [-0.25, -0.2) is 8.78 Å². The van der Waals surface area contributed by atoms with Gasteiger partial charge in [-0.1, -0.05) is 70.2 Å². The van der Waals surface area contributed by atoms with Crippen LogP contribution in [0.4, 0.5) is 8.78 Å². The lowest BCUT2D eigenvalue weighted by Gasteiger charge is -2.26. The lowest BCUT2D eigenvalue weighted by molar-refractivity contribution is 0.188. The molecule has 1 fully saturated rings. The van der Waals surface area contributed by atoms with Gasteiger partial charge >= 0.3 is 0 Å². The molecule has 1 atom stereocenters. The Kier molecular flexibility index (Phi) is 8.30. The summed E-state index contributed by atoms with van der Waals surface area (Å²) in [5.41, 5.74) is 2.72. The van der Waals surface area contributed by atoms with Crippen molar-refractivity contribution >= 4 is 0 Å². The van der Waals surface area contributed by atoms with Crippen molar-refractivity contribution in [3.8, 4) is 16.9 Å². The van der Waals surface area contributed by atoms with Gasteiger partial charge in [-0.3, -0.25) is 0 Å². The summed E-state index contributed by atoms with van der Waals surface area (Å²) in [6, 6.07) is 11.0. The molecule has 0 saturated heterocycles. The van der Waals surface area contributed by atoms with E-state index in [9.17, 15) is 8.78 Å². The van der Waals surface area contributed by atoms with E-state index in [-0.39, 0.29) is 11.9 Å². The zero-order valence-corrected chi connectivity index (χ0v) is 18.7. The van der Waals surface area contributed by atoms with Gasteiger partial charge in [-0.05, 0) is 73.3 Å². The van der Waals surface area contributed by atoms with E-state index in [4.69, 9.17) is 4.74 Å². The molecule has 2 aromatic rings. The average molecular weight is 415 g/mol. The molecule has 1 saturated carbocycles. The minimum absolute atomic E-state index is 0.200. The molecule has 0 bridgehead atoms. The van der Waals surface area contributed by atoms with E-state index in [0.717, 1.165) is 30.7 Å². The Morgan fingerprint density at radius 3 is 2.13 bits per heavy atom. The highest BCUT2D eigenvalue weighted by Crippen LogP contribution is 2.36. The zero-order valence-electron chi connectivity index (χ0n) is 18.7.